The van der Waals surface area contributed by atoms with Crippen molar-refractivity contribution >= 4 is 50.0 Å². The van der Waals surface area contributed by atoms with Crippen LogP contribution in [0.5, 0.6) is 11.5 Å². The minimum atomic E-state index is -0.0391. The van der Waals surface area contributed by atoms with Gasteiger partial charge in [-0.3, -0.25) is 0 Å². The molecule has 4 aromatic carbocycles. The number of ether oxygens (including phenoxy) is 2. The Morgan fingerprint density at radius 1 is 0.818 bits per heavy atom. The van der Waals surface area contributed by atoms with Crippen molar-refractivity contribution in [2.75, 3.05) is 14.2 Å². The minimum Gasteiger partial charge on any atom is -0.493 e. The monoisotopic (exact) mass is 453 g/mol. The Hall–Kier alpha value is -3.77. The van der Waals surface area contributed by atoms with Gasteiger partial charge >= 0.3 is 5.56 Å². The normalized spacial score (nSPS) is 11.7. The van der Waals surface area contributed by atoms with E-state index in [4.69, 9.17) is 9.47 Å². The zero-order chi connectivity index (χ0) is 22.7. The molecule has 2 aromatic heterocycles. The van der Waals surface area contributed by atoms with Gasteiger partial charge in [-0.1, -0.05) is 42.1 Å². The van der Waals surface area contributed by atoms with Crippen molar-refractivity contribution in [1.82, 2.24) is 4.40 Å². The number of hydrogen-bond donors (Lipinski definition) is 0. The summed E-state index contributed by atoms with van der Waals surface area (Å²) < 4.78 is 14.9. The molecule has 0 aliphatic carbocycles. The molecule has 2 heterocycles. The first-order valence-corrected chi connectivity index (χ1v) is 11.4. The zero-order valence-electron chi connectivity index (χ0n) is 18.5. The summed E-state index contributed by atoms with van der Waals surface area (Å²) in [5, 5.41) is 3.82. The number of imidazole rings is 1. The molecular formula is C27H21N2O3S+. The maximum absolute atomic E-state index is 13.8. The van der Waals surface area contributed by atoms with E-state index in [1.807, 2.05) is 43.4 Å². The van der Waals surface area contributed by atoms with E-state index in [1.165, 1.54) is 4.90 Å². The molecule has 0 saturated carbocycles. The smallest absolute Gasteiger partial charge is 0.347 e. The lowest BCUT2D eigenvalue weighted by atomic mass is 10.0. The Bertz CT molecular complexity index is 1740. The molecule has 0 unspecified atom stereocenters. The Morgan fingerprint density at radius 2 is 1.55 bits per heavy atom. The quantitative estimate of drug-likeness (QED) is 0.345. The average molecular weight is 454 g/mol. The Balaban J connectivity index is 1.75. The fraction of sp³-hybridized carbons (Fsp3) is 0.111. The molecule has 0 fully saturated rings. The second-order valence-electron chi connectivity index (χ2n) is 7.97. The number of aryl methyl sites for hydroxylation is 1. The number of fused-ring (bicyclic) bond motifs is 4. The summed E-state index contributed by atoms with van der Waals surface area (Å²) in [6.45, 7) is 0. The number of nitrogens with zero attached hydrogens (tertiary/aromatic N) is 2. The number of benzene rings is 4. The van der Waals surface area contributed by atoms with Gasteiger partial charge in [0.2, 0.25) is 0 Å². The van der Waals surface area contributed by atoms with Crippen LogP contribution in [0.3, 0.4) is 0 Å². The van der Waals surface area contributed by atoms with Gasteiger partial charge in [-0.05, 0) is 35.7 Å². The number of methoxy groups -OCH3 is 2. The lowest BCUT2D eigenvalue weighted by Crippen LogP contribution is -2.29. The summed E-state index contributed by atoms with van der Waals surface area (Å²) in [7, 11) is 5.21. The van der Waals surface area contributed by atoms with E-state index in [0.29, 0.717) is 16.9 Å². The van der Waals surface area contributed by atoms with Gasteiger partial charge < -0.3 is 9.47 Å². The zero-order valence-corrected chi connectivity index (χ0v) is 19.3. The molecule has 0 N–H and O–H groups in total. The van der Waals surface area contributed by atoms with Crippen molar-refractivity contribution in [2.45, 2.75) is 9.79 Å². The third-order valence-corrected chi connectivity index (χ3v) is 7.34. The van der Waals surface area contributed by atoms with Crippen molar-refractivity contribution in [3.8, 4) is 11.5 Å². The van der Waals surface area contributed by atoms with Crippen LogP contribution in [0.2, 0.25) is 0 Å². The maximum atomic E-state index is 13.8. The van der Waals surface area contributed by atoms with Gasteiger partial charge in [0.05, 0.1) is 32.0 Å². The molecule has 0 bridgehead atoms. The van der Waals surface area contributed by atoms with Gasteiger partial charge in [-0.15, -0.1) is 0 Å². The summed E-state index contributed by atoms with van der Waals surface area (Å²) in [5.74, 6) is 1.23. The van der Waals surface area contributed by atoms with E-state index < -0.39 is 0 Å². The van der Waals surface area contributed by atoms with Gasteiger partial charge in [-0.25, -0.2) is 9.36 Å². The molecule has 0 amide bonds. The second-order valence-corrected chi connectivity index (χ2v) is 9.09. The van der Waals surface area contributed by atoms with Crippen LogP contribution in [0, 0.1) is 0 Å². The topological polar surface area (TPSA) is 43.8 Å². The van der Waals surface area contributed by atoms with Crippen molar-refractivity contribution in [3.63, 3.8) is 0 Å². The Kier molecular flexibility index (Phi) is 4.45. The van der Waals surface area contributed by atoms with Crippen molar-refractivity contribution in [3.05, 3.63) is 83.2 Å². The van der Waals surface area contributed by atoms with Crippen molar-refractivity contribution in [1.29, 1.82) is 0 Å². The second kappa shape index (κ2) is 7.39. The van der Waals surface area contributed by atoms with E-state index in [-0.39, 0.29) is 5.56 Å². The highest BCUT2D eigenvalue weighted by atomic mass is 32.2. The average Bonchev–Trinajstić information content (AvgIpc) is 3.14. The fourth-order valence-corrected chi connectivity index (χ4v) is 5.72. The van der Waals surface area contributed by atoms with Crippen LogP contribution in [0.1, 0.15) is 0 Å². The molecular weight excluding hydrogens is 432 g/mol. The first-order chi connectivity index (χ1) is 16.1. The van der Waals surface area contributed by atoms with E-state index in [1.54, 1.807) is 30.4 Å². The maximum Gasteiger partial charge on any atom is 0.347 e. The SMILES string of the molecule is COc1cc2c(cc1OC)[n+](C)c1c3cccc4c(Sc5ccccc5)ccc(c(=O)n21)c43. The molecule has 0 saturated heterocycles. The first-order valence-electron chi connectivity index (χ1n) is 10.6. The predicted molar refractivity (Wildman–Crippen MR) is 132 cm³/mol. The van der Waals surface area contributed by atoms with Crippen molar-refractivity contribution < 1.29 is 14.0 Å². The minimum absolute atomic E-state index is 0.0391. The standard InChI is InChI=1S/C27H21N2O3S/c1-28-20-14-22(31-2)23(32-3)15-21(20)29-26(28)18-11-7-10-17-24(33-16-8-5-4-6-9-16)13-12-19(25(17)18)27(29)30/h4-15H,1-3H3/q+1. The van der Waals surface area contributed by atoms with Crippen LogP contribution in [0.15, 0.2) is 87.4 Å². The number of hydrogen-bond acceptors (Lipinski definition) is 4. The molecule has 5 nitrogen and oxygen atoms in total. The van der Waals surface area contributed by atoms with Gasteiger partial charge in [0.1, 0.15) is 0 Å². The molecule has 0 aliphatic rings. The highest BCUT2D eigenvalue weighted by Crippen LogP contribution is 2.38. The molecule has 0 atom stereocenters. The Morgan fingerprint density at radius 3 is 2.30 bits per heavy atom. The van der Waals surface area contributed by atoms with Crippen LogP contribution in [0.25, 0.3) is 38.2 Å². The largest absolute Gasteiger partial charge is 0.493 e. The highest BCUT2D eigenvalue weighted by Gasteiger charge is 2.27. The third-order valence-electron chi connectivity index (χ3n) is 6.26. The summed E-state index contributed by atoms with van der Waals surface area (Å²) in [5.41, 5.74) is 2.51. The van der Waals surface area contributed by atoms with Crippen LogP contribution >= 0.6 is 11.8 Å². The van der Waals surface area contributed by atoms with E-state index >= 15 is 0 Å². The molecule has 0 aliphatic heterocycles. The van der Waals surface area contributed by atoms with Gasteiger partial charge in [0, 0.05) is 27.3 Å². The molecule has 6 rings (SSSR count). The summed E-state index contributed by atoms with van der Waals surface area (Å²) in [4.78, 5) is 16.1. The number of rotatable bonds is 4. The number of aromatic nitrogens is 2. The molecule has 6 heteroatoms. The summed E-state index contributed by atoms with van der Waals surface area (Å²) >= 11 is 1.71. The third kappa shape index (κ3) is 2.80. The molecule has 6 aromatic rings. The van der Waals surface area contributed by atoms with Crippen molar-refractivity contribution in [2.24, 2.45) is 7.05 Å². The fourth-order valence-electron chi connectivity index (χ4n) is 4.76. The van der Waals surface area contributed by atoms with Crippen LogP contribution in [-0.2, 0) is 7.05 Å². The summed E-state index contributed by atoms with van der Waals surface area (Å²) in [6, 6.07) is 24.4. The first kappa shape index (κ1) is 19.9. The molecule has 0 spiro atoms. The predicted octanol–water partition coefficient (Wildman–Crippen LogP) is 5.19. The van der Waals surface area contributed by atoms with Gasteiger partial charge in [-0.2, -0.15) is 4.40 Å². The molecule has 33 heavy (non-hydrogen) atoms. The van der Waals surface area contributed by atoms with Crippen LogP contribution in [-0.4, -0.2) is 18.6 Å². The van der Waals surface area contributed by atoms with E-state index in [9.17, 15) is 4.79 Å². The van der Waals surface area contributed by atoms with E-state index in [0.717, 1.165) is 37.7 Å². The summed E-state index contributed by atoms with van der Waals surface area (Å²) in [6.07, 6.45) is 0. The van der Waals surface area contributed by atoms with E-state index in [2.05, 4.69) is 41.0 Å². The highest BCUT2D eigenvalue weighted by molar-refractivity contribution is 7.99. The van der Waals surface area contributed by atoms with Crippen LogP contribution in [0.4, 0.5) is 0 Å². The molecule has 0 radical (unpaired) electrons. The lowest BCUT2D eigenvalue weighted by molar-refractivity contribution is -0.617. The lowest BCUT2D eigenvalue weighted by Gasteiger charge is -2.09. The van der Waals surface area contributed by atoms with Crippen LogP contribution < -0.4 is 19.6 Å². The van der Waals surface area contributed by atoms with Gasteiger partial charge in [0.15, 0.2) is 22.5 Å². The number of pyridine rings is 1. The molecule has 162 valence electrons. The van der Waals surface area contributed by atoms with Gasteiger partial charge in [0.25, 0.3) is 5.65 Å². The Labute approximate surface area is 194 Å².